The minimum Gasteiger partial charge on any atom is -0.508 e. The van der Waals surface area contributed by atoms with Gasteiger partial charge in [0.15, 0.2) is 0 Å². The third kappa shape index (κ3) is 24.4. The molecule has 9 amide bonds. The van der Waals surface area contributed by atoms with Gasteiger partial charge in [-0.1, -0.05) is 96.8 Å². The van der Waals surface area contributed by atoms with Gasteiger partial charge in [0.05, 0.1) is 12.6 Å². The molecular weight excluding hydrogens is 1060 g/mol. The van der Waals surface area contributed by atoms with E-state index in [0.29, 0.717) is 24.0 Å². The highest BCUT2D eigenvalue weighted by atomic mass is 32.2. The average molecular weight is 1140 g/mol. The number of rotatable bonds is 37. The largest absolute Gasteiger partial charge is 0.508 e. The van der Waals surface area contributed by atoms with Crippen molar-refractivity contribution in [3.05, 3.63) is 65.7 Å². The molecule has 0 aliphatic carbocycles. The summed E-state index contributed by atoms with van der Waals surface area (Å²) >= 11 is 1.31. The summed E-state index contributed by atoms with van der Waals surface area (Å²) in [6.07, 6.45) is 0.355. The van der Waals surface area contributed by atoms with Gasteiger partial charge in [0.2, 0.25) is 53.2 Å². The van der Waals surface area contributed by atoms with Crippen LogP contribution >= 0.6 is 11.8 Å². The van der Waals surface area contributed by atoms with Crippen LogP contribution in [-0.4, -0.2) is 159 Å². The Labute approximate surface area is 470 Å². The number of aromatic hydroxyl groups is 1. The van der Waals surface area contributed by atoms with E-state index in [2.05, 4.69) is 42.5 Å². The van der Waals surface area contributed by atoms with Crippen molar-refractivity contribution in [2.45, 2.75) is 160 Å². The number of thioether (sulfide) groups is 1. The van der Waals surface area contributed by atoms with Crippen molar-refractivity contribution in [3.8, 4) is 5.75 Å². The van der Waals surface area contributed by atoms with Crippen molar-refractivity contribution in [2.24, 2.45) is 29.2 Å². The van der Waals surface area contributed by atoms with E-state index >= 15 is 0 Å². The molecule has 25 nitrogen and oxygen atoms in total. The second kappa shape index (κ2) is 35.3. The number of amides is 9. The van der Waals surface area contributed by atoms with Crippen LogP contribution < -0.4 is 54.0 Å². The van der Waals surface area contributed by atoms with E-state index in [4.69, 9.17) is 11.5 Å². The molecule has 2 aromatic rings. The molecule has 26 heteroatoms. The SMILES string of the molecule is CC[C@H](C)[C@H](N)C(=O)N[C@@H](CO)C(=O)N[C@@H](CCC(=O)O)C(=O)N[C@@H](CCSC)C(=O)N[C@@H](Cc1ccccc1)C(=O)N[C@@H](CC(C)C)C(=O)N[C@@H](CCC(N)=O)C(=O)N[C@H](C(=O)N[C@@H](Cc1ccc(O)cc1)C(=O)O)[C@@H](C)CC. The number of aliphatic hydroxyl groups excluding tert-OH is 1. The lowest BCUT2D eigenvalue weighted by atomic mass is 9.96. The number of hydrogen-bond donors (Lipinski definition) is 14. The number of carbonyl (C=O) groups excluding carboxylic acids is 9. The molecule has 0 radical (unpaired) electrons. The molecule has 0 aliphatic heterocycles. The number of carboxylic acid groups (broad SMARTS) is 2. The first-order valence-electron chi connectivity index (χ1n) is 26.6. The number of aliphatic hydroxyl groups is 1. The summed E-state index contributed by atoms with van der Waals surface area (Å²) in [4.78, 5) is 147. The van der Waals surface area contributed by atoms with Gasteiger partial charge in [-0.05, 0) is 78.7 Å². The molecule has 2 aromatic carbocycles. The lowest BCUT2D eigenvalue weighted by molar-refractivity contribution is -0.142. The van der Waals surface area contributed by atoms with Gasteiger partial charge >= 0.3 is 11.9 Å². The third-order valence-electron chi connectivity index (χ3n) is 13.3. The Kier molecular flexibility index (Phi) is 30.4. The second-order valence-electron chi connectivity index (χ2n) is 20.1. The van der Waals surface area contributed by atoms with E-state index in [1.54, 1.807) is 78.1 Å². The third-order valence-corrected chi connectivity index (χ3v) is 13.9. The van der Waals surface area contributed by atoms with Crippen LogP contribution in [0.4, 0.5) is 0 Å². The number of nitrogens with two attached hydrogens (primary N) is 2. The van der Waals surface area contributed by atoms with Gasteiger partial charge in [-0.25, -0.2) is 4.79 Å². The maximum atomic E-state index is 14.5. The standard InChI is InChI=1S/C54H82N10O15S/c1-8-30(5)44(56)52(76)63-41(28-65)51(75)58-36(20-22-43(68)69)46(70)59-37(23-24-80-7)47(71)61-39(26-32-13-11-10-12-14-32)50(74)60-38(25-29(3)4)49(73)57-35(19-21-42(55)67)48(72)64-45(31(6)9-2)53(77)62-40(54(78)79)27-33-15-17-34(66)18-16-33/h10-18,29-31,35-41,44-45,65-66H,8-9,19-28,56H2,1-7H3,(H2,55,67)(H,57,73)(H,58,75)(H,59,70)(H,60,74)(H,61,71)(H,62,77)(H,63,76)(H,64,72)(H,68,69)(H,78,79)/t30-,31-,35-,36-,37-,38-,39-,40-,41-,44-,45-/m0/s1. The first kappa shape index (κ1) is 68.8. The Morgan fingerprint density at radius 1 is 0.525 bits per heavy atom. The molecule has 444 valence electrons. The van der Waals surface area contributed by atoms with Gasteiger partial charge in [0.25, 0.3) is 0 Å². The molecule has 0 saturated carbocycles. The summed E-state index contributed by atoms with van der Waals surface area (Å²) in [6, 6.07) is 1.38. The van der Waals surface area contributed by atoms with Gasteiger partial charge in [0, 0.05) is 25.7 Å². The van der Waals surface area contributed by atoms with Crippen LogP contribution in [0.5, 0.6) is 5.75 Å². The molecule has 2 rings (SSSR count). The highest BCUT2D eigenvalue weighted by Crippen LogP contribution is 2.16. The van der Waals surface area contributed by atoms with Gasteiger partial charge in [0.1, 0.15) is 54.1 Å². The highest BCUT2D eigenvalue weighted by molar-refractivity contribution is 7.98. The van der Waals surface area contributed by atoms with Crippen LogP contribution in [0.3, 0.4) is 0 Å². The Morgan fingerprint density at radius 2 is 0.963 bits per heavy atom. The smallest absolute Gasteiger partial charge is 0.326 e. The topological polar surface area (TPSA) is 417 Å². The predicted molar refractivity (Wildman–Crippen MR) is 297 cm³/mol. The zero-order valence-corrected chi connectivity index (χ0v) is 47.3. The van der Waals surface area contributed by atoms with Gasteiger partial charge in [-0.2, -0.15) is 11.8 Å². The monoisotopic (exact) mass is 1140 g/mol. The van der Waals surface area contributed by atoms with Gasteiger partial charge in [-0.15, -0.1) is 0 Å². The summed E-state index contributed by atoms with van der Waals surface area (Å²) in [5.74, 6) is -11.7. The van der Waals surface area contributed by atoms with E-state index in [-0.39, 0.29) is 55.4 Å². The van der Waals surface area contributed by atoms with Crippen LogP contribution in [0.1, 0.15) is 104 Å². The Bertz CT molecular complexity index is 2400. The van der Waals surface area contributed by atoms with E-state index < -0.39 is 151 Å². The fourth-order valence-corrected chi connectivity index (χ4v) is 8.45. The molecule has 0 aliphatic rings. The molecule has 0 aromatic heterocycles. The molecule has 0 spiro atoms. The second-order valence-corrected chi connectivity index (χ2v) is 21.1. The van der Waals surface area contributed by atoms with Crippen molar-refractivity contribution in [2.75, 3.05) is 18.6 Å². The highest BCUT2D eigenvalue weighted by Gasteiger charge is 2.37. The first-order valence-corrected chi connectivity index (χ1v) is 28.0. The minimum atomic E-state index is -1.60. The number of carbonyl (C=O) groups is 11. The first-order chi connectivity index (χ1) is 37.7. The van der Waals surface area contributed by atoms with Gasteiger partial charge in [-0.3, -0.25) is 47.9 Å². The molecular formula is C54H82N10O15S. The van der Waals surface area contributed by atoms with E-state index in [0.717, 1.165) is 0 Å². The predicted octanol–water partition coefficient (Wildman–Crippen LogP) is -0.518. The number of benzene rings is 2. The van der Waals surface area contributed by atoms with Crippen LogP contribution in [-0.2, 0) is 65.6 Å². The molecule has 0 fully saturated rings. The number of carboxylic acids is 2. The van der Waals surface area contributed by atoms with Gasteiger partial charge < -0.3 is 74.4 Å². The van der Waals surface area contributed by atoms with E-state index in [1.807, 2.05) is 0 Å². The summed E-state index contributed by atoms with van der Waals surface area (Å²) < 4.78 is 0. The van der Waals surface area contributed by atoms with Crippen LogP contribution in [0.2, 0.25) is 0 Å². The summed E-state index contributed by atoms with van der Waals surface area (Å²) in [7, 11) is 0. The van der Waals surface area contributed by atoms with E-state index in [9.17, 15) is 73.2 Å². The quantitative estimate of drug-likeness (QED) is 0.0405. The van der Waals surface area contributed by atoms with Crippen molar-refractivity contribution in [1.29, 1.82) is 0 Å². The Balaban J connectivity index is 2.48. The van der Waals surface area contributed by atoms with Crippen molar-refractivity contribution in [3.63, 3.8) is 0 Å². The van der Waals surface area contributed by atoms with Crippen molar-refractivity contribution in [1.82, 2.24) is 42.5 Å². The lowest BCUT2D eigenvalue weighted by Gasteiger charge is -2.29. The van der Waals surface area contributed by atoms with E-state index in [1.165, 1.54) is 36.0 Å². The molecule has 80 heavy (non-hydrogen) atoms. The Hall–Kier alpha value is -7.32. The number of phenolic OH excluding ortho intramolecular Hbond substituents is 1. The molecule has 16 N–H and O–H groups in total. The number of aliphatic carboxylic acids is 2. The number of hydrogen-bond acceptors (Lipinski definition) is 15. The minimum absolute atomic E-state index is 0.0232. The summed E-state index contributed by atoms with van der Waals surface area (Å²) in [6.45, 7) is 9.49. The fraction of sp³-hybridized carbons (Fsp3) is 0.574. The molecule has 0 saturated heterocycles. The number of phenols is 1. The average Bonchev–Trinajstić information content (AvgIpc) is 3.41. The van der Waals surface area contributed by atoms with Crippen molar-refractivity contribution < 1.29 is 73.2 Å². The van der Waals surface area contributed by atoms with Crippen molar-refractivity contribution >= 4 is 76.9 Å². The normalized spacial score (nSPS) is 15.3. The van der Waals surface area contributed by atoms with Crippen LogP contribution in [0.25, 0.3) is 0 Å². The maximum absolute atomic E-state index is 14.5. The molecule has 0 heterocycles. The fourth-order valence-electron chi connectivity index (χ4n) is 7.98. The summed E-state index contributed by atoms with van der Waals surface area (Å²) in [5.41, 5.74) is 12.5. The van der Waals surface area contributed by atoms with Crippen LogP contribution in [0, 0.1) is 17.8 Å². The maximum Gasteiger partial charge on any atom is 0.326 e. The molecule has 0 unspecified atom stereocenters. The Morgan fingerprint density at radius 3 is 1.46 bits per heavy atom. The van der Waals surface area contributed by atoms with Crippen LogP contribution in [0.15, 0.2) is 54.6 Å². The summed E-state index contributed by atoms with van der Waals surface area (Å²) in [5, 5.41) is 59.5. The number of nitrogens with one attached hydrogen (secondary N) is 8. The zero-order valence-electron chi connectivity index (χ0n) is 46.5. The molecule has 0 bridgehead atoms. The lowest BCUT2D eigenvalue weighted by Crippen LogP contribution is -2.61. The zero-order chi connectivity index (χ0) is 60.2. The number of primary amides is 1. The molecule has 11 atom stereocenters.